The van der Waals surface area contributed by atoms with Gasteiger partial charge in [-0.05, 0) is 70.6 Å². The molecule has 9 unspecified atom stereocenters. The monoisotopic (exact) mass is 1110 g/mol. The molecule has 1 fully saturated rings. The maximum atomic E-state index is 13.2. The second kappa shape index (κ2) is 55.8. The van der Waals surface area contributed by atoms with Crippen molar-refractivity contribution in [2.45, 2.75) is 371 Å². The fourth-order valence-corrected chi connectivity index (χ4v) is 10.8. The fourth-order valence-electron chi connectivity index (χ4n) is 10.8. The summed E-state index contributed by atoms with van der Waals surface area (Å²) >= 11 is 0. The van der Waals surface area contributed by atoms with Crippen LogP contribution in [0.25, 0.3) is 0 Å². The molecule has 1 saturated heterocycles. The number of carbonyl (C=O) groups excluding carboxylic acids is 1. The minimum Gasteiger partial charge on any atom is -0.394 e. The quantitative estimate of drug-likeness (QED) is 0.0215. The second-order valence-corrected chi connectivity index (χ2v) is 23.5. The Bertz CT molecular complexity index is 1360. The highest BCUT2D eigenvalue weighted by Crippen LogP contribution is 2.24. The van der Waals surface area contributed by atoms with E-state index in [0.29, 0.717) is 12.8 Å². The minimum atomic E-state index is -1.67. The summed E-state index contributed by atoms with van der Waals surface area (Å²) in [4.78, 5) is 13.2. The Balaban J connectivity index is 2.26. The molecule has 1 aliphatic rings. The van der Waals surface area contributed by atoms with Gasteiger partial charge in [-0.15, -0.1) is 0 Å². The van der Waals surface area contributed by atoms with Gasteiger partial charge in [-0.25, -0.2) is 0 Å². The minimum absolute atomic E-state index is 0.251. The van der Waals surface area contributed by atoms with Crippen molar-refractivity contribution in [1.82, 2.24) is 5.32 Å². The molecule has 0 aromatic heterocycles. The lowest BCUT2D eigenvalue weighted by Gasteiger charge is -2.40. The Labute approximate surface area is 479 Å². The van der Waals surface area contributed by atoms with E-state index in [9.17, 15) is 40.5 Å². The first-order valence-electron chi connectivity index (χ1n) is 33.4. The summed E-state index contributed by atoms with van der Waals surface area (Å²) in [5.41, 5.74) is 0. The van der Waals surface area contributed by atoms with E-state index in [4.69, 9.17) is 9.47 Å². The molecule has 8 N–H and O–H groups in total. The van der Waals surface area contributed by atoms with E-state index in [1.165, 1.54) is 225 Å². The maximum absolute atomic E-state index is 13.2. The number of nitrogens with one attached hydrogen (secondary N) is 1. The molecule has 0 bridgehead atoms. The van der Waals surface area contributed by atoms with E-state index in [0.717, 1.165) is 51.4 Å². The molecule has 0 aromatic rings. The molecule has 0 radical (unpaired) electrons. The molecule has 9 atom stereocenters. The van der Waals surface area contributed by atoms with Crippen LogP contribution >= 0.6 is 0 Å². The number of amides is 1. The number of hydrogen-bond acceptors (Lipinski definition) is 10. The lowest BCUT2D eigenvalue weighted by molar-refractivity contribution is -0.303. The average molecular weight is 1110 g/mol. The molecule has 11 nitrogen and oxygen atoms in total. The topological polar surface area (TPSA) is 189 Å². The third-order valence-electron chi connectivity index (χ3n) is 16.2. The van der Waals surface area contributed by atoms with Gasteiger partial charge in [0.1, 0.15) is 36.6 Å². The first kappa shape index (κ1) is 74.3. The third kappa shape index (κ3) is 43.1. The highest BCUT2D eigenvalue weighted by molar-refractivity contribution is 5.80. The van der Waals surface area contributed by atoms with Crippen LogP contribution < -0.4 is 5.32 Å². The Morgan fingerprint density at radius 3 is 1.18 bits per heavy atom. The van der Waals surface area contributed by atoms with Gasteiger partial charge in [-0.3, -0.25) is 4.79 Å². The van der Waals surface area contributed by atoms with Crippen LogP contribution in [0.15, 0.2) is 36.5 Å². The predicted molar refractivity (Wildman–Crippen MR) is 325 cm³/mol. The van der Waals surface area contributed by atoms with Crippen LogP contribution in [0.1, 0.15) is 316 Å². The fraction of sp³-hybridized carbons (Fsp3) is 0.896. The van der Waals surface area contributed by atoms with Gasteiger partial charge in [-0.1, -0.05) is 281 Å². The van der Waals surface area contributed by atoms with Crippen molar-refractivity contribution in [1.29, 1.82) is 0 Å². The number of rotatable bonds is 58. The molecule has 1 aliphatic heterocycles. The zero-order valence-corrected chi connectivity index (χ0v) is 50.7. The number of carbonyl (C=O) groups is 1. The molecule has 0 aromatic carbocycles. The van der Waals surface area contributed by atoms with Crippen molar-refractivity contribution in [3.63, 3.8) is 0 Å². The van der Waals surface area contributed by atoms with Crippen LogP contribution in [0.5, 0.6) is 0 Å². The standard InChI is InChI=1S/C67H127NO10/c1-3-5-7-9-11-13-15-17-19-21-23-25-27-29-31-33-35-37-39-41-43-45-47-49-51-53-55-60(71)66(76)68-58(57-77-67-65(75)64(74)63(73)61(56-69)78-67)62(72)59(70)54-52-50-48-46-44-42-40-38-36-34-32-30-28-26-24-22-20-18-16-14-12-10-8-6-4-2/h23,25,29,31,46,48,58-65,67,69-75H,3-22,24,26-28,30,32-45,47,49-57H2,1-2H3,(H,68,76)/b25-23-,31-29-,48-46+. The molecular formula is C67H127NO10. The van der Waals surface area contributed by atoms with Crippen LogP contribution in [-0.4, -0.2) is 110 Å². The van der Waals surface area contributed by atoms with Gasteiger partial charge in [-0.2, -0.15) is 0 Å². The number of unbranched alkanes of at least 4 members (excludes halogenated alkanes) is 40. The Hall–Kier alpha value is -1.67. The maximum Gasteiger partial charge on any atom is 0.249 e. The first-order valence-corrected chi connectivity index (χ1v) is 33.4. The summed E-state index contributed by atoms with van der Waals surface area (Å²) in [6.45, 7) is 3.49. The van der Waals surface area contributed by atoms with Gasteiger partial charge in [0.2, 0.25) is 5.91 Å². The van der Waals surface area contributed by atoms with Gasteiger partial charge in [0, 0.05) is 0 Å². The summed E-state index contributed by atoms with van der Waals surface area (Å²) in [5, 5.41) is 76.4. The van der Waals surface area contributed by atoms with Gasteiger partial charge >= 0.3 is 0 Å². The lowest BCUT2D eigenvalue weighted by atomic mass is 9.98. The number of allylic oxidation sites excluding steroid dienone is 6. The summed E-state index contributed by atoms with van der Waals surface area (Å²) in [6.07, 6.45) is 59.3. The normalized spacial score (nSPS) is 19.6. The number of ether oxygens (including phenoxy) is 2. The Morgan fingerprint density at radius 2 is 0.795 bits per heavy atom. The van der Waals surface area contributed by atoms with E-state index < -0.39 is 74.2 Å². The summed E-state index contributed by atoms with van der Waals surface area (Å²) < 4.78 is 11.2. The van der Waals surface area contributed by atoms with Crippen molar-refractivity contribution >= 4 is 5.91 Å². The van der Waals surface area contributed by atoms with Gasteiger partial charge in [0.15, 0.2) is 6.29 Å². The molecule has 78 heavy (non-hydrogen) atoms. The van der Waals surface area contributed by atoms with E-state index in [1.54, 1.807) is 0 Å². The van der Waals surface area contributed by atoms with Gasteiger partial charge in [0.25, 0.3) is 0 Å². The summed E-state index contributed by atoms with van der Waals surface area (Å²) in [7, 11) is 0. The van der Waals surface area contributed by atoms with E-state index in [1.807, 2.05) is 0 Å². The van der Waals surface area contributed by atoms with Crippen LogP contribution in [0.4, 0.5) is 0 Å². The molecule has 1 amide bonds. The average Bonchev–Trinajstić information content (AvgIpc) is 3.46. The molecule has 1 rings (SSSR count). The van der Waals surface area contributed by atoms with Crippen LogP contribution in [0.3, 0.4) is 0 Å². The van der Waals surface area contributed by atoms with Crippen LogP contribution in [0.2, 0.25) is 0 Å². The number of aliphatic hydroxyl groups is 7. The van der Waals surface area contributed by atoms with Crippen molar-refractivity contribution in [2.24, 2.45) is 0 Å². The number of aliphatic hydroxyl groups excluding tert-OH is 7. The molecule has 460 valence electrons. The molecule has 1 heterocycles. The Morgan fingerprint density at radius 1 is 0.449 bits per heavy atom. The molecule has 0 aliphatic carbocycles. The van der Waals surface area contributed by atoms with Crippen molar-refractivity contribution in [3.8, 4) is 0 Å². The Kier molecular flexibility index (Phi) is 53.2. The predicted octanol–water partition coefficient (Wildman–Crippen LogP) is 15.4. The zero-order valence-electron chi connectivity index (χ0n) is 50.7. The SMILES string of the molecule is CCCCCCCCCCC/C=C\C/C=C\CCCCCCCCCCCCC(O)C(=O)NC(COC1OC(CO)C(O)C(O)C1O)C(O)C(O)CCC/C=C/CCCCCCCCCCCCCCCCCCCCCC. The molecule has 11 heteroatoms. The van der Waals surface area contributed by atoms with Crippen LogP contribution in [-0.2, 0) is 14.3 Å². The molecule has 0 spiro atoms. The first-order chi connectivity index (χ1) is 38.2. The molecule has 0 saturated carbocycles. The summed E-state index contributed by atoms with van der Waals surface area (Å²) in [5.74, 6) is -0.705. The van der Waals surface area contributed by atoms with Crippen molar-refractivity contribution < 1.29 is 50.0 Å². The largest absolute Gasteiger partial charge is 0.394 e. The highest BCUT2D eigenvalue weighted by Gasteiger charge is 2.44. The summed E-state index contributed by atoms with van der Waals surface area (Å²) in [6, 6.07) is -1.19. The highest BCUT2D eigenvalue weighted by atomic mass is 16.7. The zero-order chi connectivity index (χ0) is 56.8. The van der Waals surface area contributed by atoms with Crippen LogP contribution in [0, 0.1) is 0 Å². The third-order valence-corrected chi connectivity index (χ3v) is 16.2. The van der Waals surface area contributed by atoms with Crippen molar-refractivity contribution in [3.05, 3.63) is 36.5 Å². The van der Waals surface area contributed by atoms with E-state index in [-0.39, 0.29) is 12.8 Å². The van der Waals surface area contributed by atoms with Gasteiger partial charge < -0.3 is 50.5 Å². The number of hydrogen-bond donors (Lipinski definition) is 8. The second-order valence-electron chi connectivity index (χ2n) is 23.5. The molecular weight excluding hydrogens is 979 g/mol. The van der Waals surface area contributed by atoms with E-state index in [2.05, 4.69) is 55.6 Å². The van der Waals surface area contributed by atoms with Crippen molar-refractivity contribution in [2.75, 3.05) is 13.2 Å². The lowest BCUT2D eigenvalue weighted by Crippen LogP contribution is -2.60. The smallest absolute Gasteiger partial charge is 0.249 e. The van der Waals surface area contributed by atoms with E-state index >= 15 is 0 Å². The van der Waals surface area contributed by atoms with Gasteiger partial charge in [0.05, 0.1) is 25.4 Å².